The first-order valence-electron chi connectivity index (χ1n) is 24.5. The smallest absolute Gasteiger partial charge is 0.481 e. The van der Waals surface area contributed by atoms with Gasteiger partial charge in [-0.25, -0.2) is 23.2 Å². The lowest BCUT2D eigenvalue weighted by molar-refractivity contribution is -0.192. The summed E-state index contributed by atoms with van der Waals surface area (Å²) in [6.07, 6.45) is -3.99. The molecule has 446 valence electrons. The van der Waals surface area contributed by atoms with Crippen molar-refractivity contribution in [2.45, 2.75) is 95.8 Å². The number of carbonyl (C=O) groups is 12. The number of carboxylic acid groups (broad SMARTS) is 4. The van der Waals surface area contributed by atoms with Gasteiger partial charge in [-0.2, -0.15) is 13.2 Å². The van der Waals surface area contributed by atoms with E-state index in [9.17, 15) is 80.5 Å². The lowest BCUT2D eigenvalue weighted by Gasteiger charge is -2.41. The molecular formula is C51H60F5N9O16S. The molecule has 3 aromatic rings. The van der Waals surface area contributed by atoms with Gasteiger partial charge in [-0.15, -0.1) is 11.8 Å². The molecule has 4 rings (SSSR count). The average molecular weight is 1180 g/mol. The molecule has 31 heteroatoms. The summed E-state index contributed by atoms with van der Waals surface area (Å²) in [5.74, 6) is -16.6. The van der Waals surface area contributed by atoms with E-state index in [2.05, 4.69) is 21.3 Å². The van der Waals surface area contributed by atoms with Gasteiger partial charge in [0.15, 0.2) is 0 Å². The Labute approximate surface area is 468 Å². The lowest BCUT2D eigenvalue weighted by atomic mass is 9.82. The second kappa shape index (κ2) is 30.7. The molecule has 0 unspecified atom stereocenters. The molecule has 0 saturated heterocycles. The Bertz CT molecular complexity index is 2880. The van der Waals surface area contributed by atoms with Crippen LogP contribution in [0.3, 0.4) is 0 Å². The first-order chi connectivity index (χ1) is 38.2. The monoisotopic (exact) mass is 1180 g/mol. The number of nitrogens with two attached hydrogens (primary N) is 2. The zero-order chi connectivity index (χ0) is 61.8. The Morgan fingerprint density at radius 1 is 0.756 bits per heavy atom. The predicted molar refractivity (Wildman–Crippen MR) is 278 cm³/mol. The number of hydrogen-bond donors (Lipinski definition) is 10. The minimum absolute atomic E-state index is 0.0799. The number of primary amides is 1. The number of nitrogens with one attached hydrogen (secondary N) is 4. The molecule has 1 aliphatic rings. The SMILES string of the molecule is CC(C)(C)[C@H](c1cc(-c2cc(F)ccc2F)cn1Cc1ccccc1)N(CC[C@H](N)C(=O)NCCC(=O)N[C@H](CCC(=O)O)C(=O)O)C(=O)CSC[C@H](NC(=O)[C@H](CC(N)=O)NC(=O)CN1C(=O)C=CC1=O)C(=O)O.O=C(O)C(F)(F)F. The predicted octanol–water partition coefficient (Wildman–Crippen LogP) is 1.28. The van der Waals surface area contributed by atoms with Gasteiger partial charge in [0, 0.05) is 73.4 Å². The summed E-state index contributed by atoms with van der Waals surface area (Å²) >= 11 is 0.763. The minimum Gasteiger partial charge on any atom is -0.481 e. The third kappa shape index (κ3) is 21.7. The molecule has 2 heterocycles. The first-order valence-corrected chi connectivity index (χ1v) is 25.6. The van der Waals surface area contributed by atoms with Crippen molar-refractivity contribution in [1.82, 2.24) is 35.6 Å². The Hall–Kier alpha value is -8.74. The molecule has 1 aliphatic heterocycles. The number of amides is 8. The normalized spacial score (nSPS) is 14.0. The molecule has 0 aliphatic carbocycles. The van der Waals surface area contributed by atoms with Crippen molar-refractivity contribution in [2.75, 3.05) is 31.1 Å². The number of imide groups is 1. The Morgan fingerprint density at radius 2 is 1.35 bits per heavy atom. The van der Waals surface area contributed by atoms with Crippen LogP contribution in [0.15, 0.2) is 72.9 Å². The van der Waals surface area contributed by atoms with Gasteiger partial charge in [0.2, 0.25) is 35.4 Å². The lowest BCUT2D eigenvalue weighted by Crippen LogP contribution is -2.55. The van der Waals surface area contributed by atoms with Crippen LogP contribution >= 0.6 is 11.8 Å². The second-order valence-corrected chi connectivity index (χ2v) is 20.2. The molecule has 0 radical (unpaired) electrons. The van der Waals surface area contributed by atoms with Crippen molar-refractivity contribution in [3.63, 3.8) is 0 Å². The maximum atomic E-state index is 15.4. The topological polar surface area (TPSA) is 397 Å². The van der Waals surface area contributed by atoms with Crippen LogP contribution in [0.25, 0.3) is 11.1 Å². The van der Waals surface area contributed by atoms with Gasteiger partial charge >= 0.3 is 30.1 Å². The highest BCUT2D eigenvalue weighted by molar-refractivity contribution is 8.00. The van der Waals surface area contributed by atoms with E-state index in [1.54, 1.807) is 55.8 Å². The van der Waals surface area contributed by atoms with Crippen LogP contribution < -0.4 is 32.7 Å². The molecule has 1 aromatic heterocycles. The summed E-state index contributed by atoms with van der Waals surface area (Å²) in [6.45, 7) is 4.20. The molecule has 0 bridgehead atoms. The van der Waals surface area contributed by atoms with E-state index < -0.39 is 162 Å². The summed E-state index contributed by atoms with van der Waals surface area (Å²) in [4.78, 5) is 148. The number of halogens is 5. The Kier molecular flexibility index (Phi) is 25.3. The summed E-state index contributed by atoms with van der Waals surface area (Å²) in [5, 5.41) is 44.6. The summed E-state index contributed by atoms with van der Waals surface area (Å²) in [5.41, 5.74) is 12.2. The summed E-state index contributed by atoms with van der Waals surface area (Å²) < 4.78 is 63.5. The molecule has 8 amide bonds. The van der Waals surface area contributed by atoms with E-state index in [-0.39, 0.29) is 43.6 Å². The summed E-state index contributed by atoms with van der Waals surface area (Å²) in [6, 6.07) is 6.37. The third-order valence-electron chi connectivity index (χ3n) is 11.7. The number of aliphatic carboxylic acids is 4. The number of thioether (sulfide) groups is 1. The molecule has 0 saturated carbocycles. The highest BCUT2D eigenvalue weighted by Crippen LogP contribution is 2.41. The van der Waals surface area contributed by atoms with E-state index in [0.717, 1.165) is 47.7 Å². The van der Waals surface area contributed by atoms with Gasteiger partial charge in [0.1, 0.15) is 36.3 Å². The fourth-order valence-corrected chi connectivity index (χ4v) is 8.74. The van der Waals surface area contributed by atoms with E-state index in [4.69, 9.17) is 26.5 Å². The number of rotatable bonds is 29. The van der Waals surface area contributed by atoms with Crippen LogP contribution in [0, 0.1) is 17.0 Å². The highest BCUT2D eigenvalue weighted by Gasteiger charge is 2.40. The largest absolute Gasteiger partial charge is 0.490 e. The average Bonchev–Trinajstić information content (AvgIpc) is 4.12. The quantitative estimate of drug-likeness (QED) is 0.0346. The second-order valence-electron chi connectivity index (χ2n) is 19.2. The molecule has 5 atom stereocenters. The van der Waals surface area contributed by atoms with Crippen molar-refractivity contribution < 1.29 is 99.9 Å². The third-order valence-corrected chi connectivity index (χ3v) is 12.7. The minimum atomic E-state index is -5.08. The Morgan fingerprint density at radius 3 is 1.90 bits per heavy atom. The van der Waals surface area contributed by atoms with Gasteiger partial charge in [-0.1, -0.05) is 51.1 Å². The van der Waals surface area contributed by atoms with Crippen LogP contribution in [0.5, 0.6) is 0 Å². The van der Waals surface area contributed by atoms with Crippen LogP contribution in [0.4, 0.5) is 22.0 Å². The van der Waals surface area contributed by atoms with Gasteiger partial charge in [0.25, 0.3) is 11.8 Å². The van der Waals surface area contributed by atoms with Gasteiger partial charge in [-0.05, 0) is 48.1 Å². The van der Waals surface area contributed by atoms with E-state index in [1.165, 1.54) is 4.90 Å². The van der Waals surface area contributed by atoms with E-state index in [1.807, 2.05) is 12.1 Å². The number of benzene rings is 2. The molecule has 0 spiro atoms. The van der Waals surface area contributed by atoms with Crippen molar-refractivity contribution in [3.05, 3.63) is 95.8 Å². The molecule has 12 N–H and O–H groups in total. The molecule has 0 fully saturated rings. The number of alkyl halides is 3. The number of carboxylic acids is 4. The summed E-state index contributed by atoms with van der Waals surface area (Å²) in [7, 11) is 0. The zero-order valence-electron chi connectivity index (χ0n) is 44.1. The Balaban J connectivity index is 0.00000236. The fourth-order valence-electron chi connectivity index (χ4n) is 7.82. The van der Waals surface area contributed by atoms with E-state index >= 15 is 4.39 Å². The van der Waals surface area contributed by atoms with Crippen LogP contribution in [0.2, 0.25) is 0 Å². The van der Waals surface area contributed by atoms with Crippen molar-refractivity contribution >= 4 is 82.9 Å². The maximum Gasteiger partial charge on any atom is 0.490 e. The van der Waals surface area contributed by atoms with Crippen molar-refractivity contribution in [1.29, 1.82) is 0 Å². The molecule has 82 heavy (non-hydrogen) atoms. The number of hydrogen-bond acceptors (Lipinski definition) is 14. The van der Waals surface area contributed by atoms with E-state index in [0.29, 0.717) is 10.6 Å². The van der Waals surface area contributed by atoms with Crippen LogP contribution in [-0.2, 0) is 64.1 Å². The zero-order valence-corrected chi connectivity index (χ0v) is 44.9. The van der Waals surface area contributed by atoms with Gasteiger partial charge in [-0.3, -0.25) is 48.1 Å². The maximum absolute atomic E-state index is 15.4. The first kappa shape index (κ1) is 67.5. The van der Waals surface area contributed by atoms with Crippen LogP contribution in [-0.4, -0.2) is 167 Å². The standard InChI is InChI=1S/C49H59F2N9O14S.C2HF3O2/c1-49(2,3)44(36-19-28(30-20-29(50)9-10-31(30)51)23-58(36)22-27-7-5-4-6-8-27)59(18-16-32(52)45(69)54-17-15-38(62)55-33(47(71)72)11-14-43(67)68)42(66)26-75-25-35(48(73)74)57-46(70)34(21-37(53)61)56-39(63)24-60-40(64)12-13-41(60)65;3-2(4,5)1(6)7/h4-10,12-13,19-20,23,32-35,44H,11,14-18,21-22,24-26,52H2,1-3H3,(H2,53,61)(H,54,69)(H,55,62)(H,56,63)(H,57,70)(H,67,68)(H,71,72)(H,73,74);(H,6,7)/t32-,33+,34-,35-,44-;/m0./s1. The molecular weight excluding hydrogens is 1120 g/mol. The van der Waals surface area contributed by atoms with Crippen molar-refractivity contribution in [3.8, 4) is 11.1 Å². The molecule has 25 nitrogen and oxygen atoms in total. The van der Waals surface area contributed by atoms with Crippen LogP contribution in [0.1, 0.15) is 70.2 Å². The number of aromatic nitrogens is 1. The molecule has 2 aromatic carbocycles. The van der Waals surface area contributed by atoms with Gasteiger partial charge in [0.05, 0.1) is 24.3 Å². The fraction of sp³-hybridized carbons (Fsp3) is 0.412. The number of carbonyl (C=O) groups excluding carboxylic acids is 8. The van der Waals surface area contributed by atoms with Crippen molar-refractivity contribution in [2.24, 2.45) is 16.9 Å². The highest BCUT2D eigenvalue weighted by atomic mass is 32.2. The van der Waals surface area contributed by atoms with Gasteiger partial charge < -0.3 is 62.6 Å². The number of nitrogens with zero attached hydrogens (tertiary/aromatic N) is 3.